The van der Waals surface area contributed by atoms with Crippen molar-refractivity contribution in [2.45, 2.75) is 26.2 Å². The third kappa shape index (κ3) is 2.86. The lowest BCUT2D eigenvalue weighted by atomic mass is 10.00. The average molecular weight is 242 g/mol. The molecule has 0 spiro atoms. The number of nitrogens with zero attached hydrogens (tertiary/aromatic N) is 2. The Balaban J connectivity index is 2.07. The maximum atomic E-state index is 12.0. The third-order valence-electron chi connectivity index (χ3n) is 3.00. The highest BCUT2D eigenvalue weighted by Crippen LogP contribution is 2.15. The molecule has 0 saturated carbocycles. The van der Waals surface area contributed by atoms with Crippen LogP contribution in [-0.4, -0.2) is 15.3 Å². The van der Waals surface area contributed by atoms with Crippen molar-refractivity contribution < 1.29 is 4.79 Å². The molecule has 1 aromatic carbocycles. The fourth-order valence-corrected chi connectivity index (χ4v) is 1.85. The van der Waals surface area contributed by atoms with E-state index in [9.17, 15) is 4.79 Å². The Bertz CT molecular complexity index is 538. The molecule has 1 aromatic heterocycles. The quantitative estimate of drug-likeness (QED) is 0.772. The van der Waals surface area contributed by atoms with E-state index in [1.807, 2.05) is 19.2 Å². The fraction of sp³-hybridized carbons (Fsp3) is 0.333. The normalized spacial score (nSPS) is 10.9. The van der Waals surface area contributed by atoms with Gasteiger partial charge in [-0.3, -0.25) is 4.79 Å². The molecule has 0 atom stereocenters. The van der Waals surface area contributed by atoms with Gasteiger partial charge in [0.25, 0.3) is 0 Å². The van der Waals surface area contributed by atoms with Crippen molar-refractivity contribution in [3.63, 3.8) is 0 Å². The van der Waals surface area contributed by atoms with E-state index in [1.54, 1.807) is 17.1 Å². The molecule has 0 aliphatic carbocycles. The fourth-order valence-electron chi connectivity index (χ4n) is 1.85. The highest BCUT2D eigenvalue weighted by atomic mass is 16.1. The standard InChI is InChI=1S/C15H18N2O/c1-11(2)13-6-4-12(5-7-13)8-15(18)14-9-17(3)10-16-14/h4-7,9-11H,8H2,1-3H3. The van der Waals surface area contributed by atoms with Crippen molar-refractivity contribution in [3.05, 3.63) is 53.6 Å². The predicted molar refractivity (Wildman–Crippen MR) is 71.8 cm³/mol. The van der Waals surface area contributed by atoms with Crippen LogP contribution in [0.3, 0.4) is 0 Å². The van der Waals surface area contributed by atoms with Gasteiger partial charge in [0.1, 0.15) is 5.69 Å². The second-order valence-corrected chi connectivity index (χ2v) is 4.92. The highest BCUT2D eigenvalue weighted by Gasteiger charge is 2.09. The molecule has 18 heavy (non-hydrogen) atoms. The summed E-state index contributed by atoms with van der Waals surface area (Å²) in [6.45, 7) is 4.32. The minimum Gasteiger partial charge on any atom is -0.340 e. The number of carbonyl (C=O) groups excluding carboxylic acids is 1. The minimum absolute atomic E-state index is 0.0629. The number of hydrogen-bond donors (Lipinski definition) is 0. The van der Waals surface area contributed by atoms with Crippen LogP contribution in [0, 0.1) is 0 Å². The first-order valence-electron chi connectivity index (χ1n) is 6.16. The number of hydrogen-bond acceptors (Lipinski definition) is 2. The maximum absolute atomic E-state index is 12.0. The van der Waals surface area contributed by atoms with Crippen LogP contribution in [0.5, 0.6) is 0 Å². The van der Waals surface area contributed by atoms with Crippen LogP contribution in [0.2, 0.25) is 0 Å². The Morgan fingerprint density at radius 2 is 1.94 bits per heavy atom. The summed E-state index contributed by atoms with van der Waals surface area (Å²) in [6.07, 6.45) is 3.81. The molecule has 0 aliphatic heterocycles. The zero-order valence-corrected chi connectivity index (χ0v) is 11.1. The zero-order valence-electron chi connectivity index (χ0n) is 11.1. The number of benzene rings is 1. The Morgan fingerprint density at radius 3 is 2.44 bits per heavy atom. The van der Waals surface area contributed by atoms with Gasteiger partial charge in [-0.25, -0.2) is 4.98 Å². The van der Waals surface area contributed by atoms with Crippen LogP contribution < -0.4 is 0 Å². The first-order valence-corrected chi connectivity index (χ1v) is 6.16. The second-order valence-electron chi connectivity index (χ2n) is 4.92. The smallest absolute Gasteiger partial charge is 0.187 e. The summed E-state index contributed by atoms with van der Waals surface area (Å²) in [6, 6.07) is 8.23. The molecule has 1 heterocycles. The molecule has 0 N–H and O–H groups in total. The summed E-state index contributed by atoms with van der Waals surface area (Å²) in [5, 5.41) is 0. The van der Waals surface area contributed by atoms with Gasteiger partial charge in [0.15, 0.2) is 5.78 Å². The number of aromatic nitrogens is 2. The van der Waals surface area contributed by atoms with Crippen LogP contribution in [0.25, 0.3) is 0 Å². The Morgan fingerprint density at radius 1 is 1.28 bits per heavy atom. The van der Waals surface area contributed by atoms with Gasteiger partial charge in [-0.1, -0.05) is 38.1 Å². The second kappa shape index (κ2) is 5.17. The first kappa shape index (κ1) is 12.6. The van der Waals surface area contributed by atoms with E-state index in [1.165, 1.54) is 5.56 Å². The summed E-state index contributed by atoms with van der Waals surface area (Å²) in [5.41, 5.74) is 2.87. The van der Waals surface area contributed by atoms with E-state index >= 15 is 0 Å². The number of aryl methyl sites for hydroxylation is 1. The number of rotatable bonds is 4. The Labute approximate surface area is 107 Å². The Kier molecular flexibility index (Phi) is 3.60. The lowest BCUT2D eigenvalue weighted by Crippen LogP contribution is -2.04. The SMILES string of the molecule is CC(C)c1ccc(CC(=O)c2cn(C)cn2)cc1. The molecule has 3 heteroatoms. The monoisotopic (exact) mass is 242 g/mol. The zero-order chi connectivity index (χ0) is 13.1. The summed E-state index contributed by atoms with van der Waals surface area (Å²) in [5.74, 6) is 0.582. The summed E-state index contributed by atoms with van der Waals surface area (Å²) in [7, 11) is 1.86. The molecule has 2 rings (SSSR count). The van der Waals surface area contributed by atoms with Crippen LogP contribution in [0.15, 0.2) is 36.8 Å². The van der Waals surface area contributed by atoms with Crippen LogP contribution in [0.4, 0.5) is 0 Å². The van der Waals surface area contributed by atoms with Crippen molar-refractivity contribution in [1.82, 2.24) is 9.55 Å². The molecule has 0 radical (unpaired) electrons. The average Bonchev–Trinajstić information content (AvgIpc) is 2.76. The van der Waals surface area contributed by atoms with Crippen molar-refractivity contribution in [3.8, 4) is 0 Å². The lowest BCUT2D eigenvalue weighted by molar-refractivity contribution is 0.0988. The molecule has 0 fully saturated rings. The van der Waals surface area contributed by atoms with E-state index < -0.39 is 0 Å². The Hall–Kier alpha value is -1.90. The molecule has 0 bridgehead atoms. The van der Waals surface area contributed by atoms with Gasteiger partial charge >= 0.3 is 0 Å². The van der Waals surface area contributed by atoms with Gasteiger partial charge in [-0.15, -0.1) is 0 Å². The van der Waals surface area contributed by atoms with Gasteiger partial charge in [-0.05, 0) is 17.0 Å². The summed E-state index contributed by atoms with van der Waals surface area (Å²) < 4.78 is 1.79. The predicted octanol–water partition coefficient (Wildman–Crippen LogP) is 2.97. The van der Waals surface area contributed by atoms with E-state index in [0.29, 0.717) is 18.0 Å². The maximum Gasteiger partial charge on any atom is 0.187 e. The van der Waals surface area contributed by atoms with Gasteiger partial charge in [0.05, 0.1) is 6.33 Å². The number of carbonyl (C=O) groups is 1. The highest BCUT2D eigenvalue weighted by molar-refractivity contribution is 5.95. The summed E-state index contributed by atoms with van der Waals surface area (Å²) in [4.78, 5) is 16.0. The number of ketones is 1. The van der Waals surface area contributed by atoms with E-state index in [0.717, 1.165) is 5.56 Å². The number of imidazole rings is 1. The third-order valence-corrected chi connectivity index (χ3v) is 3.00. The van der Waals surface area contributed by atoms with Crippen LogP contribution in [-0.2, 0) is 13.5 Å². The summed E-state index contributed by atoms with van der Waals surface area (Å²) >= 11 is 0. The van der Waals surface area contributed by atoms with E-state index in [2.05, 4.69) is 31.0 Å². The number of Topliss-reactive ketones (excluding diaryl/α,β-unsaturated/α-hetero) is 1. The van der Waals surface area contributed by atoms with Gasteiger partial charge in [-0.2, -0.15) is 0 Å². The first-order chi connectivity index (χ1) is 8.56. The van der Waals surface area contributed by atoms with Crippen molar-refractivity contribution in [2.24, 2.45) is 7.05 Å². The molecule has 0 unspecified atom stereocenters. The molecule has 2 aromatic rings. The van der Waals surface area contributed by atoms with Crippen molar-refractivity contribution in [2.75, 3.05) is 0 Å². The van der Waals surface area contributed by atoms with Crippen LogP contribution in [0.1, 0.15) is 41.4 Å². The molecular formula is C15H18N2O. The molecular weight excluding hydrogens is 224 g/mol. The van der Waals surface area contributed by atoms with Gasteiger partial charge < -0.3 is 4.57 Å². The van der Waals surface area contributed by atoms with E-state index in [4.69, 9.17) is 0 Å². The topological polar surface area (TPSA) is 34.9 Å². The van der Waals surface area contributed by atoms with Gasteiger partial charge in [0, 0.05) is 19.7 Å². The van der Waals surface area contributed by atoms with Crippen LogP contribution >= 0.6 is 0 Å². The molecule has 3 nitrogen and oxygen atoms in total. The van der Waals surface area contributed by atoms with Crippen molar-refractivity contribution in [1.29, 1.82) is 0 Å². The molecule has 0 amide bonds. The van der Waals surface area contributed by atoms with Crippen molar-refractivity contribution >= 4 is 5.78 Å². The largest absolute Gasteiger partial charge is 0.340 e. The molecule has 0 aliphatic rings. The minimum atomic E-state index is 0.0629. The van der Waals surface area contributed by atoms with Gasteiger partial charge in [0.2, 0.25) is 0 Å². The lowest BCUT2D eigenvalue weighted by Gasteiger charge is -2.06. The molecule has 94 valence electrons. The molecule has 0 saturated heterocycles. The van der Waals surface area contributed by atoms with E-state index in [-0.39, 0.29) is 5.78 Å².